The molecule has 1 N–H and O–H groups in total. The molecule has 0 fully saturated rings. The third-order valence-corrected chi connectivity index (χ3v) is 6.09. The number of ether oxygens (including phenoxy) is 1. The number of hydrogen-bond donors (Lipinski definition) is 1. The lowest BCUT2D eigenvalue weighted by Crippen LogP contribution is -2.37. The van der Waals surface area contributed by atoms with Crippen LogP contribution in [-0.4, -0.2) is 40.6 Å². The second-order valence-electron chi connectivity index (χ2n) is 9.21. The number of benzene rings is 3. The lowest BCUT2D eigenvalue weighted by molar-refractivity contribution is -0.137. The average molecular weight is 462 g/mol. The molecule has 34 heavy (non-hydrogen) atoms. The molecule has 3 aromatic carbocycles. The Bertz CT molecular complexity index is 1210. The van der Waals surface area contributed by atoms with E-state index in [1.165, 1.54) is 17.0 Å². The molecule has 1 aliphatic rings. The largest absolute Gasteiger partial charge is 0.487 e. The summed E-state index contributed by atoms with van der Waals surface area (Å²) in [6.45, 7) is 3.95. The first-order valence-electron chi connectivity index (χ1n) is 11.3. The lowest BCUT2D eigenvalue weighted by atomic mass is 9.91. The van der Waals surface area contributed by atoms with E-state index < -0.39 is 11.6 Å². The zero-order chi connectivity index (χ0) is 24.3. The number of carboxylic acids is 1. The van der Waals surface area contributed by atoms with Crippen molar-refractivity contribution in [1.82, 2.24) is 4.90 Å². The fourth-order valence-electron chi connectivity index (χ4n) is 4.52. The molecule has 1 atom stereocenters. The first-order chi connectivity index (χ1) is 16.2. The van der Waals surface area contributed by atoms with Crippen molar-refractivity contribution in [3.8, 4) is 5.75 Å². The van der Waals surface area contributed by atoms with Crippen molar-refractivity contribution >= 4 is 11.9 Å². The summed E-state index contributed by atoms with van der Waals surface area (Å²) in [5.74, 6) is -0.925. The fourth-order valence-corrected chi connectivity index (χ4v) is 4.52. The summed E-state index contributed by atoms with van der Waals surface area (Å²) in [5, 5.41) is 9.36. The topological polar surface area (TPSA) is 66.8 Å². The summed E-state index contributed by atoms with van der Waals surface area (Å²) in [5.41, 5.74) is 3.99. The van der Waals surface area contributed by atoms with Gasteiger partial charge in [-0.25, -0.2) is 4.39 Å². The second-order valence-corrected chi connectivity index (χ2v) is 9.21. The van der Waals surface area contributed by atoms with Gasteiger partial charge in [-0.3, -0.25) is 9.59 Å². The van der Waals surface area contributed by atoms with Gasteiger partial charge in [0.1, 0.15) is 23.7 Å². The minimum absolute atomic E-state index is 0.277. The van der Waals surface area contributed by atoms with E-state index in [2.05, 4.69) is 0 Å². The van der Waals surface area contributed by atoms with Crippen LogP contribution in [-0.2, 0) is 24.1 Å². The zero-order valence-corrected chi connectivity index (χ0v) is 19.4. The quantitative estimate of drug-likeness (QED) is 0.521. The summed E-state index contributed by atoms with van der Waals surface area (Å²) in [7, 11) is 0. The monoisotopic (exact) mass is 461 g/mol. The van der Waals surface area contributed by atoms with Crippen LogP contribution in [0.25, 0.3) is 0 Å². The van der Waals surface area contributed by atoms with E-state index in [4.69, 9.17) is 4.74 Å². The smallest absolute Gasteiger partial charge is 0.323 e. The van der Waals surface area contributed by atoms with Gasteiger partial charge in [0.05, 0.1) is 0 Å². The van der Waals surface area contributed by atoms with E-state index in [0.717, 1.165) is 22.3 Å². The maximum Gasteiger partial charge on any atom is 0.323 e. The molecule has 6 heteroatoms. The summed E-state index contributed by atoms with van der Waals surface area (Å²) in [4.78, 5) is 26.1. The Morgan fingerprint density at radius 3 is 2.53 bits per heavy atom. The van der Waals surface area contributed by atoms with Gasteiger partial charge in [-0.05, 0) is 67.3 Å². The van der Waals surface area contributed by atoms with E-state index in [0.29, 0.717) is 37.1 Å². The molecule has 0 unspecified atom stereocenters. The van der Waals surface area contributed by atoms with Crippen molar-refractivity contribution in [2.75, 3.05) is 13.1 Å². The maximum atomic E-state index is 13.2. The summed E-state index contributed by atoms with van der Waals surface area (Å²) < 4.78 is 19.4. The normalized spacial score (nSPS) is 16.6. The molecule has 0 spiro atoms. The first kappa shape index (κ1) is 23.5. The molecule has 1 aliphatic heterocycles. The number of nitrogens with zero attached hydrogens (tertiary/aromatic N) is 1. The number of carboxylic acid groups (broad SMARTS) is 1. The van der Waals surface area contributed by atoms with Crippen LogP contribution in [0.3, 0.4) is 0 Å². The van der Waals surface area contributed by atoms with Gasteiger partial charge in [-0.15, -0.1) is 0 Å². The summed E-state index contributed by atoms with van der Waals surface area (Å²) in [6, 6.07) is 19.6. The van der Waals surface area contributed by atoms with Crippen molar-refractivity contribution in [1.29, 1.82) is 0 Å². The van der Waals surface area contributed by atoms with Crippen LogP contribution < -0.4 is 4.74 Å². The van der Waals surface area contributed by atoms with Gasteiger partial charge in [0.25, 0.3) is 5.91 Å². The van der Waals surface area contributed by atoms with Crippen LogP contribution >= 0.6 is 0 Å². The van der Waals surface area contributed by atoms with Crippen LogP contribution in [0.5, 0.6) is 5.75 Å². The van der Waals surface area contributed by atoms with Crippen LogP contribution in [0.2, 0.25) is 0 Å². The molecule has 1 heterocycles. The fraction of sp³-hybridized carbons (Fsp3) is 0.286. The van der Waals surface area contributed by atoms with E-state index in [1.807, 2.05) is 38.1 Å². The molecular weight excluding hydrogens is 433 g/mol. The molecule has 0 aliphatic carbocycles. The van der Waals surface area contributed by atoms with Crippen LogP contribution in [0, 0.1) is 12.7 Å². The van der Waals surface area contributed by atoms with Crippen LogP contribution in [0.1, 0.15) is 39.5 Å². The molecule has 4 rings (SSSR count). The number of hydrogen-bond acceptors (Lipinski definition) is 3. The third kappa shape index (κ3) is 5.63. The Balaban J connectivity index is 1.48. The van der Waals surface area contributed by atoms with Gasteiger partial charge in [0.15, 0.2) is 0 Å². The molecular formula is C28H28FNO4. The number of halogens is 1. The number of carbonyl (C=O) groups excluding carboxylic acids is 1. The van der Waals surface area contributed by atoms with Gasteiger partial charge >= 0.3 is 5.97 Å². The number of aliphatic carboxylic acids is 1. The SMILES string of the molecule is Cc1cccc(CCN(CC(=O)O)C(=O)c2ccc3c(c2)C[C@@](C)(Cc2ccc(F)cc2)O3)c1. The van der Waals surface area contributed by atoms with Gasteiger partial charge in [0.2, 0.25) is 0 Å². The molecule has 176 valence electrons. The highest BCUT2D eigenvalue weighted by molar-refractivity contribution is 5.96. The van der Waals surface area contributed by atoms with Crippen molar-refractivity contribution in [3.63, 3.8) is 0 Å². The number of carbonyl (C=O) groups is 2. The second kappa shape index (κ2) is 9.67. The molecule has 0 aromatic heterocycles. The zero-order valence-electron chi connectivity index (χ0n) is 19.4. The van der Waals surface area contributed by atoms with Crippen LogP contribution in [0.4, 0.5) is 4.39 Å². The van der Waals surface area contributed by atoms with E-state index in [1.54, 1.807) is 30.3 Å². The standard InChI is InChI=1S/C28H28FNO4/c1-19-4-3-5-20(14-19)12-13-30(18-26(31)32)27(33)22-8-11-25-23(15-22)17-28(2,34-25)16-21-6-9-24(29)10-7-21/h3-11,14-15H,12-13,16-18H2,1-2H3,(H,31,32)/t28-/m1/s1. The van der Waals surface area contributed by atoms with Crippen molar-refractivity contribution < 1.29 is 23.8 Å². The Morgan fingerprint density at radius 2 is 1.82 bits per heavy atom. The summed E-state index contributed by atoms with van der Waals surface area (Å²) in [6.07, 6.45) is 1.78. The van der Waals surface area contributed by atoms with Crippen molar-refractivity contribution in [2.45, 2.75) is 38.7 Å². The Morgan fingerprint density at radius 1 is 1.06 bits per heavy atom. The number of fused-ring (bicyclic) bond motifs is 1. The van der Waals surface area contributed by atoms with Crippen LogP contribution in [0.15, 0.2) is 66.7 Å². The van der Waals surface area contributed by atoms with Gasteiger partial charge in [-0.1, -0.05) is 42.0 Å². The van der Waals surface area contributed by atoms with E-state index in [-0.39, 0.29) is 18.3 Å². The van der Waals surface area contributed by atoms with E-state index >= 15 is 0 Å². The third-order valence-electron chi connectivity index (χ3n) is 6.09. The Labute approximate surface area is 198 Å². The molecule has 0 saturated carbocycles. The highest BCUT2D eigenvalue weighted by Gasteiger charge is 2.35. The molecule has 0 bridgehead atoms. The maximum absolute atomic E-state index is 13.2. The predicted molar refractivity (Wildman–Crippen MR) is 128 cm³/mol. The highest BCUT2D eigenvalue weighted by Crippen LogP contribution is 2.37. The molecule has 0 radical (unpaired) electrons. The molecule has 5 nitrogen and oxygen atoms in total. The Hall–Kier alpha value is -3.67. The van der Waals surface area contributed by atoms with Gasteiger partial charge in [0, 0.05) is 24.9 Å². The lowest BCUT2D eigenvalue weighted by Gasteiger charge is -2.24. The predicted octanol–water partition coefficient (Wildman–Crippen LogP) is 4.84. The Kier molecular flexibility index (Phi) is 6.68. The van der Waals surface area contributed by atoms with Crippen molar-refractivity contribution in [3.05, 3.63) is 100 Å². The minimum atomic E-state index is -1.05. The number of rotatable bonds is 8. The molecule has 1 amide bonds. The summed E-state index contributed by atoms with van der Waals surface area (Å²) >= 11 is 0. The van der Waals surface area contributed by atoms with Gasteiger partial charge < -0.3 is 14.7 Å². The van der Waals surface area contributed by atoms with E-state index in [9.17, 15) is 19.1 Å². The number of aryl methyl sites for hydroxylation is 1. The molecule has 3 aromatic rings. The van der Waals surface area contributed by atoms with Crippen molar-refractivity contribution in [2.24, 2.45) is 0 Å². The number of amides is 1. The van der Waals surface area contributed by atoms with Gasteiger partial charge in [-0.2, -0.15) is 0 Å². The molecule has 0 saturated heterocycles. The average Bonchev–Trinajstić information content (AvgIpc) is 3.12. The first-order valence-corrected chi connectivity index (χ1v) is 11.3. The highest BCUT2D eigenvalue weighted by atomic mass is 19.1. The minimum Gasteiger partial charge on any atom is -0.487 e.